The summed E-state index contributed by atoms with van der Waals surface area (Å²) in [6.45, 7) is 5.84. The smallest absolute Gasteiger partial charge is 0.234 e. The number of oxazole rings is 1. The number of hydrogen-bond donors (Lipinski definition) is 1. The van der Waals surface area contributed by atoms with Crippen molar-refractivity contribution in [3.63, 3.8) is 0 Å². The van der Waals surface area contributed by atoms with Gasteiger partial charge in [0.15, 0.2) is 11.0 Å². The van der Waals surface area contributed by atoms with Gasteiger partial charge in [0, 0.05) is 44.9 Å². The van der Waals surface area contributed by atoms with Gasteiger partial charge in [-0.3, -0.25) is 4.79 Å². The molecule has 0 bridgehead atoms. The van der Waals surface area contributed by atoms with E-state index in [0.29, 0.717) is 48.9 Å². The number of amides is 1. The second-order valence-electron chi connectivity index (χ2n) is 5.87. The molecule has 1 aliphatic rings. The van der Waals surface area contributed by atoms with Crippen molar-refractivity contribution in [1.29, 1.82) is 5.26 Å². The summed E-state index contributed by atoms with van der Waals surface area (Å²) in [7, 11) is 0. The monoisotopic (exact) mass is 373 g/mol. The Morgan fingerprint density at radius 1 is 1.31 bits per heavy atom. The Hall–Kier alpha value is -2.80. The van der Waals surface area contributed by atoms with Gasteiger partial charge < -0.3 is 20.0 Å². The summed E-state index contributed by atoms with van der Waals surface area (Å²) in [5, 5.41) is 9.64. The third-order valence-corrected chi connectivity index (χ3v) is 4.75. The van der Waals surface area contributed by atoms with Crippen LogP contribution in [0.4, 0.5) is 11.7 Å². The molecule has 26 heavy (non-hydrogen) atoms. The molecule has 3 heterocycles. The van der Waals surface area contributed by atoms with Gasteiger partial charge in [0.1, 0.15) is 11.9 Å². The van der Waals surface area contributed by atoms with Crippen molar-refractivity contribution in [2.75, 3.05) is 42.6 Å². The van der Waals surface area contributed by atoms with Gasteiger partial charge in [-0.25, -0.2) is 15.0 Å². The predicted molar refractivity (Wildman–Crippen MR) is 96.7 cm³/mol. The maximum Gasteiger partial charge on any atom is 0.234 e. The van der Waals surface area contributed by atoms with Crippen molar-refractivity contribution in [3.8, 4) is 6.07 Å². The van der Waals surface area contributed by atoms with Gasteiger partial charge >= 0.3 is 0 Å². The summed E-state index contributed by atoms with van der Waals surface area (Å²) >= 11 is 1.28. The molecule has 136 valence electrons. The normalized spacial score (nSPS) is 14.3. The lowest BCUT2D eigenvalue weighted by Crippen LogP contribution is -2.49. The summed E-state index contributed by atoms with van der Waals surface area (Å²) in [4.78, 5) is 28.6. The Morgan fingerprint density at radius 3 is 2.69 bits per heavy atom. The van der Waals surface area contributed by atoms with E-state index < -0.39 is 0 Å². The topological polar surface area (TPSA) is 125 Å². The number of thioether (sulfide) groups is 1. The SMILES string of the molecule is Cc1cc(N)nc(SCC(=O)N2CCN(c3oc(C)nc3C#N)CC2)n1. The predicted octanol–water partition coefficient (Wildman–Crippen LogP) is 0.976. The minimum absolute atomic E-state index is 0.0209. The summed E-state index contributed by atoms with van der Waals surface area (Å²) in [6, 6.07) is 3.73. The van der Waals surface area contributed by atoms with Gasteiger partial charge in [0.2, 0.25) is 17.5 Å². The van der Waals surface area contributed by atoms with Crippen molar-refractivity contribution in [3.05, 3.63) is 23.3 Å². The van der Waals surface area contributed by atoms with Crippen LogP contribution in [0.15, 0.2) is 15.6 Å². The maximum atomic E-state index is 12.4. The van der Waals surface area contributed by atoms with E-state index in [1.807, 2.05) is 17.9 Å². The Balaban J connectivity index is 1.54. The molecule has 0 atom stereocenters. The highest BCUT2D eigenvalue weighted by molar-refractivity contribution is 7.99. The Labute approximate surface area is 155 Å². The molecule has 0 spiro atoms. The number of nitrogens with zero attached hydrogens (tertiary/aromatic N) is 6. The van der Waals surface area contributed by atoms with E-state index in [9.17, 15) is 4.79 Å². The third-order valence-electron chi connectivity index (χ3n) is 3.92. The highest BCUT2D eigenvalue weighted by atomic mass is 32.2. The first-order chi connectivity index (χ1) is 12.5. The van der Waals surface area contributed by atoms with Gasteiger partial charge in [-0.15, -0.1) is 0 Å². The minimum Gasteiger partial charge on any atom is -0.424 e. The van der Waals surface area contributed by atoms with Crippen molar-refractivity contribution in [2.45, 2.75) is 19.0 Å². The van der Waals surface area contributed by atoms with Gasteiger partial charge in [0.05, 0.1) is 5.75 Å². The van der Waals surface area contributed by atoms with E-state index in [2.05, 4.69) is 15.0 Å². The molecule has 0 saturated carbocycles. The van der Waals surface area contributed by atoms with Crippen LogP contribution in [0.2, 0.25) is 0 Å². The molecular weight excluding hydrogens is 354 g/mol. The molecule has 0 aliphatic carbocycles. The van der Waals surface area contributed by atoms with Gasteiger partial charge in [0.25, 0.3) is 0 Å². The van der Waals surface area contributed by atoms with E-state index in [1.54, 1.807) is 17.9 Å². The number of nitriles is 1. The Kier molecular flexibility index (Phi) is 5.27. The first kappa shape index (κ1) is 18.0. The standard InChI is InChI=1S/C16H19N7O2S/c1-10-7-13(18)21-16(19-10)26-9-14(24)22-3-5-23(6-4-22)15-12(8-17)20-11(2)25-15/h7H,3-6,9H2,1-2H3,(H2,18,19,21). The molecule has 1 fully saturated rings. The number of carbonyl (C=O) groups excluding carboxylic acids is 1. The zero-order valence-electron chi connectivity index (χ0n) is 14.6. The molecule has 2 aromatic heterocycles. The largest absolute Gasteiger partial charge is 0.424 e. The Bertz CT molecular complexity index is 833. The van der Waals surface area contributed by atoms with E-state index in [4.69, 9.17) is 15.4 Å². The molecule has 1 saturated heterocycles. The van der Waals surface area contributed by atoms with Crippen molar-refractivity contribution >= 4 is 29.4 Å². The molecule has 1 aliphatic heterocycles. The fourth-order valence-corrected chi connectivity index (χ4v) is 3.52. The van der Waals surface area contributed by atoms with E-state index in [0.717, 1.165) is 5.69 Å². The summed E-state index contributed by atoms with van der Waals surface area (Å²) < 4.78 is 5.52. The fourth-order valence-electron chi connectivity index (χ4n) is 2.71. The summed E-state index contributed by atoms with van der Waals surface area (Å²) in [5.41, 5.74) is 6.76. The van der Waals surface area contributed by atoms with Crippen LogP contribution in [0.25, 0.3) is 0 Å². The number of anilines is 2. The number of carbonyl (C=O) groups is 1. The first-order valence-electron chi connectivity index (χ1n) is 8.10. The highest BCUT2D eigenvalue weighted by Crippen LogP contribution is 2.23. The van der Waals surface area contributed by atoms with Crippen molar-refractivity contribution in [2.24, 2.45) is 0 Å². The molecule has 3 rings (SSSR count). The van der Waals surface area contributed by atoms with Crippen LogP contribution in [-0.2, 0) is 4.79 Å². The van der Waals surface area contributed by atoms with Crippen LogP contribution in [-0.4, -0.2) is 57.7 Å². The number of nitrogens with two attached hydrogens (primary N) is 1. The molecule has 0 radical (unpaired) electrons. The van der Waals surface area contributed by atoms with Crippen molar-refractivity contribution < 1.29 is 9.21 Å². The zero-order chi connectivity index (χ0) is 18.7. The molecule has 2 aromatic rings. The van der Waals surface area contributed by atoms with E-state index in [-0.39, 0.29) is 17.4 Å². The lowest BCUT2D eigenvalue weighted by molar-refractivity contribution is -0.128. The lowest BCUT2D eigenvalue weighted by Gasteiger charge is -2.34. The zero-order valence-corrected chi connectivity index (χ0v) is 15.4. The fraction of sp³-hybridized carbons (Fsp3) is 0.438. The summed E-state index contributed by atoms with van der Waals surface area (Å²) in [6.07, 6.45) is 0. The van der Waals surface area contributed by atoms with E-state index >= 15 is 0 Å². The van der Waals surface area contributed by atoms with Gasteiger partial charge in [-0.2, -0.15) is 5.26 Å². The van der Waals surface area contributed by atoms with Crippen LogP contribution < -0.4 is 10.6 Å². The molecule has 0 aromatic carbocycles. The molecule has 10 heteroatoms. The lowest BCUT2D eigenvalue weighted by atomic mass is 10.3. The number of hydrogen-bond acceptors (Lipinski definition) is 9. The minimum atomic E-state index is 0.0209. The average Bonchev–Trinajstić information content (AvgIpc) is 3.00. The molecule has 2 N–H and O–H groups in total. The number of nitrogen functional groups attached to an aromatic ring is 1. The molecule has 1 amide bonds. The van der Waals surface area contributed by atoms with Crippen LogP contribution in [0, 0.1) is 25.2 Å². The Morgan fingerprint density at radius 2 is 2.04 bits per heavy atom. The second-order valence-corrected chi connectivity index (χ2v) is 6.81. The maximum absolute atomic E-state index is 12.4. The van der Waals surface area contributed by atoms with Crippen LogP contribution in [0.3, 0.4) is 0 Å². The van der Waals surface area contributed by atoms with Crippen molar-refractivity contribution in [1.82, 2.24) is 19.9 Å². The van der Waals surface area contributed by atoms with E-state index in [1.165, 1.54) is 11.8 Å². The first-order valence-corrected chi connectivity index (χ1v) is 9.09. The summed E-state index contributed by atoms with van der Waals surface area (Å²) in [5.74, 6) is 1.62. The number of aromatic nitrogens is 3. The van der Waals surface area contributed by atoms with Crippen LogP contribution in [0.1, 0.15) is 17.3 Å². The molecule has 9 nitrogen and oxygen atoms in total. The number of piperazine rings is 1. The second kappa shape index (κ2) is 7.61. The van der Waals surface area contributed by atoms with Crippen LogP contribution in [0.5, 0.6) is 0 Å². The third kappa shape index (κ3) is 4.05. The van der Waals surface area contributed by atoms with Crippen LogP contribution >= 0.6 is 11.8 Å². The van der Waals surface area contributed by atoms with Gasteiger partial charge in [-0.05, 0) is 6.92 Å². The molecule has 0 unspecified atom stereocenters. The average molecular weight is 373 g/mol. The highest BCUT2D eigenvalue weighted by Gasteiger charge is 2.25. The van der Waals surface area contributed by atoms with Gasteiger partial charge in [-0.1, -0.05) is 11.8 Å². The quantitative estimate of drug-likeness (QED) is 0.616. The number of rotatable bonds is 4. The molecular formula is C16H19N7O2S. The number of aryl methyl sites for hydroxylation is 2.